The van der Waals surface area contributed by atoms with Gasteiger partial charge in [0.1, 0.15) is 16.6 Å². The smallest absolute Gasteiger partial charge is 0.223 e. The molecule has 0 aromatic carbocycles. The second kappa shape index (κ2) is 4.54. The summed E-state index contributed by atoms with van der Waals surface area (Å²) in [6, 6.07) is 1.70. The Bertz CT molecular complexity index is 503. The highest BCUT2D eigenvalue weighted by atomic mass is 32.1. The minimum absolute atomic E-state index is 0.0578. The summed E-state index contributed by atoms with van der Waals surface area (Å²) < 4.78 is 0. The number of aromatic nitrogens is 3. The van der Waals surface area contributed by atoms with E-state index < -0.39 is 0 Å². The molecule has 0 radical (unpaired) electrons. The van der Waals surface area contributed by atoms with E-state index in [1.807, 2.05) is 20.0 Å². The highest BCUT2D eigenvalue weighted by molar-refractivity contribution is 7.11. The van der Waals surface area contributed by atoms with Gasteiger partial charge in [0.25, 0.3) is 0 Å². The maximum Gasteiger partial charge on any atom is 0.223 e. The van der Waals surface area contributed by atoms with E-state index in [-0.39, 0.29) is 12.0 Å². The van der Waals surface area contributed by atoms with E-state index >= 15 is 0 Å². The van der Waals surface area contributed by atoms with E-state index in [0.717, 1.165) is 5.01 Å². The van der Waals surface area contributed by atoms with E-state index in [9.17, 15) is 0 Å². The van der Waals surface area contributed by atoms with Crippen molar-refractivity contribution in [3.8, 4) is 0 Å². The predicted molar refractivity (Wildman–Crippen MR) is 69.7 cm³/mol. The summed E-state index contributed by atoms with van der Waals surface area (Å²) in [5.74, 6) is 1.12. The Morgan fingerprint density at radius 1 is 1.35 bits per heavy atom. The van der Waals surface area contributed by atoms with Crippen molar-refractivity contribution in [1.29, 1.82) is 0 Å². The molecule has 5 N–H and O–H groups in total. The Balaban J connectivity index is 2.15. The summed E-state index contributed by atoms with van der Waals surface area (Å²) in [5.41, 5.74) is 11.1. The molecule has 2 aromatic rings. The average molecular weight is 250 g/mol. The van der Waals surface area contributed by atoms with Crippen LogP contribution in [0.2, 0.25) is 0 Å². The molecule has 0 spiro atoms. The number of hydrogen-bond acceptors (Lipinski definition) is 7. The number of hydrogen-bond donors (Lipinski definition) is 3. The zero-order valence-electron chi connectivity index (χ0n) is 9.64. The van der Waals surface area contributed by atoms with Crippen LogP contribution >= 0.6 is 11.3 Å². The minimum atomic E-state index is 0.0578. The van der Waals surface area contributed by atoms with Gasteiger partial charge in [0.2, 0.25) is 5.95 Å². The lowest BCUT2D eigenvalue weighted by molar-refractivity contribution is 0.860. The normalized spacial score (nSPS) is 12.4. The summed E-state index contributed by atoms with van der Waals surface area (Å²) in [4.78, 5) is 13.4. The maximum absolute atomic E-state index is 5.59. The fraction of sp³-hybridized carbons (Fsp3) is 0.300. The fourth-order valence-electron chi connectivity index (χ4n) is 1.42. The summed E-state index contributed by atoms with van der Waals surface area (Å²) in [6.45, 7) is 4.03. The van der Waals surface area contributed by atoms with Crippen LogP contribution in [0.25, 0.3) is 0 Å². The third kappa shape index (κ3) is 2.82. The molecule has 2 aromatic heterocycles. The summed E-state index contributed by atoms with van der Waals surface area (Å²) in [5, 5.41) is 4.19. The number of nitrogens with one attached hydrogen (secondary N) is 1. The molecule has 2 heterocycles. The second-order valence-electron chi connectivity index (χ2n) is 3.71. The number of anilines is 3. The number of rotatable bonds is 3. The minimum Gasteiger partial charge on any atom is -0.383 e. The monoisotopic (exact) mass is 250 g/mol. The van der Waals surface area contributed by atoms with Gasteiger partial charge in [-0.2, -0.15) is 9.97 Å². The third-order valence-electron chi connectivity index (χ3n) is 2.14. The molecule has 90 valence electrons. The molecule has 1 atom stereocenters. The molecule has 1 unspecified atom stereocenters. The van der Waals surface area contributed by atoms with Crippen LogP contribution in [0.4, 0.5) is 17.6 Å². The second-order valence-corrected chi connectivity index (χ2v) is 4.98. The lowest BCUT2D eigenvalue weighted by Crippen LogP contribution is -2.10. The Morgan fingerprint density at radius 3 is 2.71 bits per heavy atom. The van der Waals surface area contributed by atoms with Crippen molar-refractivity contribution in [1.82, 2.24) is 15.0 Å². The summed E-state index contributed by atoms with van der Waals surface area (Å²) >= 11 is 1.64. The lowest BCUT2D eigenvalue weighted by Gasteiger charge is -2.12. The molecular weight excluding hydrogens is 236 g/mol. The third-order valence-corrected chi connectivity index (χ3v) is 3.23. The van der Waals surface area contributed by atoms with Gasteiger partial charge in [-0.05, 0) is 13.8 Å². The van der Waals surface area contributed by atoms with E-state index in [2.05, 4.69) is 20.3 Å². The molecule has 0 aliphatic rings. The van der Waals surface area contributed by atoms with Gasteiger partial charge in [-0.1, -0.05) is 0 Å². The molecule has 0 saturated heterocycles. The topological polar surface area (TPSA) is 103 Å². The molecule has 0 fully saturated rings. The highest BCUT2D eigenvalue weighted by Crippen LogP contribution is 2.23. The number of thiazole rings is 1. The first-order valence-corrected chi connectivity index (χ1v) is 5.95. The molecule has 17 heavy (non-hydrogen) atoms. The molecule has 0 aliphatic carbocycles. The zero-order valence-corrected chi connectivity index (χ0v) is 10.5. The number of nitrogens with zero attached hydrogens (tertiary/aromatic N) is 3. The van der Waals surface area contributed by atoms with E-state index in [4.69, 9.17) is 11.5 Å². The van der Waals surface area contributed by atoms with Gasteiger partial charge >= 0.3 is 0 Å². The predicted octanol–water partition coefficient (Wildman–Crippen LogP) is 1.58. The van der Waals surface area contributed by atoms with Crippen LogP contribution in [0.15, 0.2) is 12.3 Å². The number of nitrogens with two attached hydrogens (primary N) is 2. The van der Waals surface area contributed by atoms with Crippen LogP contribution < -0.4 is 16.8 Å². The quantitative estimate of drug-likeness (QED) is 0.764. The molecule has 0 aliphatic heterocycles. The van der Waals surface area contributed by atoms with E-state index in [1.165, 1.54) is 4.88 Å². The van der Waals surface area contributed by atoms with E-state index in [1.54, 1.807) is 17.4 Å². The van der Waals surface area contributed by atoms with Gasteiger partial charge in [-0.3, -0.25) is 0 Å². The van der Waals surface area contributed by atoms with Gasteiger partial charge in [-0.25, -0.2) is 4.98 Å². The van der Waals surface area contributed by atoms with Crippen LogP contribution in [-0.2, 0) is 0 Å². The van der Waals surface area contributed by atoms with Crippen LogP contribution in [0.3, 0.4) is 0 Å². The lowest BCUT2D eigenvalue weighted by atomic mass is 10.3. The van der Waals surface area contributed by atoms with Crippen molar-refractivity contribution in [2.45, 2.75) is 19.9 Å². The van der Waals surface area contributed by atoms with Crippen molar-refractivity contribution in [3.05, 3.63) is 22.1 Å². The summed E-state index contributed by atoms with van der Waals surface area (Å²) in [6.07, 6.45) is 1.85. The highest BCUT2D eigenvalue weighted by Gasteiger charge is 2.10. The molecule has 7 heteroatoms. The Hall–Kier alpha value is -1.89. The van der Waals surface area contributed by atoms with Crippen molar-refractivity contribution in [2.24, 2.45) is 0 Å². The molecular formula is C10H14N6S. The maximum atomic E-state index is 5.59. The molecule has 6 nitrogen and oxygen atoms in total. The molecule has 0 saturated carbocycles. The first-order chi connectivity index (χ1) is 8.04. The van der Waals surface area contributed by atoms with Crippen molar-refractivity contribution in [2.75, 3.05) is 16.8 Å². The number of nitrogen functional groups attached to an aromatic ring is 2. The van der Waals surface area contributed by atoms with Gasteiger partial charge in [-0.15, -0.1) is 11.3 Å². The van der Waals surface area contributed by atoms with Crippen LogP contribution in [0.5, 0.6) is 0 Å². The largest absolute Gasteiger partial charge is 0.383 e. The number of aryl methyl sites for hydroxylation is 1. The first-order valence-electron chi connectivity index (χ1n) is 5.13. The van der Waals surface area contributed by atoms with Gasteiger partial charge in [0.15, 0.2) is 0 Å². The van der Waals surface area contributed by atoms with Crippen LogP contribution in [0.1, 0.15) is 22.9 Å². The molecule has 2 rings (SSSR count). The summed E-state index contributed by atoms with van der Waals surface area (Å²) in [7, 11) is 0. The Labute approximate surface area is 103 Å². The van der Waals surface area contributed by atoms with Crippen LogP contribution in [0, 0.1) is 6.92 Å². The molecule has 0 amide bonds. The molecule has 0 bridgehead atoms. The van der Waals surface area contributed by atoms with Crippen molar-refractivity contribution < 1.29 is 0 Å². The van der Waals surface area contributed by atoms with Crippen LogP contribution in [-0.4, -0.2) is 15.0 Å². The standard InChI is InChI=1S/C10H14N6S/c1-5-4-13-9(17-5)6(2)14-8-3-7(11)15-10(12)16-8/h3-4,6H,1-2H3,(H5,11,12,14,15,16). The van der Waals surface area contributed by atoms with Gasteiger partial charge in [0.05, 0.1) is 6.04 Å². The fourth-order valence-corrected chi connectivity index (χ4v) is 2.19. The van der Waals surface area contributed by atoms with E-state index in [0.29, 0.717) is 11.6 Å². The first kappa shape index (κ1) is 11.6. The van der Waals surface area contributed by atoms with Gasteiger partial charge < -0.3 is 16.8 Å². The van der Waals surface area contributed by atoms with Gasteiger partial charge in [0, 0.05) is 17.1 Å². The Kier molecular flexibility index (Phi) is 3.10. The van der Waals surface area contributed by atoms with Crippen molar-refractivity contribution >= 4 is 28.9 Å². The SMILES string of the molecule is Cc1cnc(C(C)Nc2cc(N)nc(N)n2)s1. The average Bonchev–Trinajstić information content (AvgIpc) is 2.63. The Morgan fingerprint density at radius 2 is 2.12 bits per heavy atom. The zero-order chi connectivity index (χ0) is 12.4. The van der Waals surface area contributed by atoms with Crippen molar-refractivity contribution in [3.63, 3.8) is 0 Å².